The van der Waals surface area contributed by atoms with Gasteiger partial charge in [-0.3, -0.25) is 9.69 Å². The Morgan fingerprint density at radius 3 is 2.50 bits per heavy atom. The molecule has 2 N–H and O–H groups in total. The molecular formula is C17H24BrN3O4S. The van der Waals surface area contributed by atoms with Gasteiger partial charge in [-0.1, -0.05) is 0 Å². The summed E-state index contributed by atoms with van der Waals surface area (Å²) in [4.78, 5) is 14.0. The molecule has 26 heavy (non-hydrogen) atoms. The first kappa shape index (κ1) is 19.6. The lowest BCUT2D eigenvalue weighted by molar-refractivity contribution is -0.123. The van der Waals surface area contributed by atoms with E-state index < -0.39 is 10.0 Å². The van der Waals surface area contributed by atoms with E-state index in [1.165, 1.54) is 11.4 Å². The molecule has 2 heterocycles. The van der Waals surface area contributed by atoms with Crippen LogP contribution in [0.2, 0.25) is 0 Å². The van der Waals surface area contributed by atoms with Crippen molar-refractivity contribution >= 4 is 31.9 Å². The molecule has 9 heteroatoms. The number of likely N-dealkylation sites (tertiary alicyclic amines) is 1. The molecule has 1 amide bonds. The van der Waals surface area contributed by atoms with Crippen LogP contribution < -0.4 is 10.5 Å². The van der Waals surface area contributed by atoms with E-state index in [-0.39, 0.29) is 22.9 Å². The number of carbonyl (C=O) groups excluding carboxylic acids is 1. The van der Waals surface area contributed by atoms with Crippen LogP contribution in [-0.4, -0.2) is 62.4 Å². The Balaban J connectivity index is 1.69. The maximum atomic E-state index is 12.9. The molecule has 2 aliphatic heterocycles. The molecule has 0 aromatic heterocycles. The van der Waals surface area contributed by atoms with E-state index in [1.807, 2.05) is 0 Å². The minimum atomic E-state index is -3.55. The number of hydrogen-bond donors (Lipinski definition) is 1. The van der Waals surface area contributed by atoms with Gasteiger partial charge in [0.2, 0.25) is 15.9 Å². The van der Waals surface area contributed by atoms with E-state index in [4.69, 9.17) is 10.5 Å². The highest BCUT2D eigenvalue weighted by atomic mass is 79.9. The Bertz CT molecular complexity index is 778. The SMILES string of the molecule is COc1ccc(S(=O)(=O)N2CCC(N3CCCC3C(N)=O)CC2)cc1Br. The van der Waals surface area contributed by atoms with Crippen LogP contribution in [0.15, 0.2) is 27.6 Å². The summed E-state index contributed by atoms with van der Waals surface area (Å²) in [5.41, 5.74) is 5.50. The smallest absolute Gasteiger partial charge is 0.243 e. The Kier molecular flexibility index (Phi) is 5.91. The maximum Gasteiger partial charge on any atom is 0.243 e. The van der Waals surface area contributed by atoms with Gasteiger partial charge in [-0.25, -0.2) is 8.42 Å². The summed E-state index contributed by atoms with van der Waals surface area (Å²) in [5.74, 6) is 0.315. The fourth-order valence-corrected chi connectivity index (χ4v) is 6.09. The fraction of sp³-hybridized carbons (Fsp3) is 0.588. The third-order valence-corrected chi connectivity index (χ3v) is 7.79. The molecule has 0 aliphatic carbocycles. The Labute approximate surface area is 162 Å². The monoisotopic (exact) mass is 445 g/mol. The molecule has 2 fully saturated rings. The first-order chi connectivity index (χ1) is 12.3. The van der Waals surface area contributed by atoms with Crippen molar-refractivity contribution in [1.82, 2.24) is 9.21 Å². The van der Waals surface area contributed by atoms with Crippen molar-refractivity contribution in [2.24, 2.45) is 5.73 Å². The van der Waals surface area contributed by atoms with E-state index in [2.05, 4.69) is 20.8 Å². The third-order valence-electron chi connectivity index (χ3n) is 5.28. The van der Waals surface area contributed by atoms with Crippen molar-refractivity contribution in [3.8, 4) is 5.75 Å². The number of primary amides is 1. The van der Waals surface area contributed by atoms with Gasteiger partial charge in [0, 0.05) is 19.1 Å². The van der Waals surface area contributed by atoms with Crippen molar-refractivity contribution in [1.29, 1.82) is 0 Å². The molecule has 0 radical (unpaired) electrons. The molecule has 2 aliphatic rings. The minimum Gasteiger partial charge on any atom is -0.496 e. The van der Waals surface area contributed by atoms with Crippen LogP contribution in [0.4, 0.5) is 0 Å². The summed E-state index contributed by atoms with van der Waals surface area (Å²) in [5, 5.41) is 0. The number of ether oxygens (including phenoxy) is 1. The summed E-state index contributed by atoms with van der Waals surface area (Å²) in [6, 6.07) is 4.79. The van der Waals surface area contributed by atoms with Crippen molar-refractivity contribution in [2.45, 2.75) is 42.7 Å². The lowest BCUT2D eigenvalue weighted by Crippen LogP contribution is -2.51. The van der Waals surface area contributed by atoms with Gasteiger partial charge in [0.25, 0.3) is 0 Å². The maximum absolute atomic E-state index is 12.9. The van der Waals surface area contributed by atoms with Gasteiger partial charge in [-0.05, 0) is 66.4 Å². The number of sulfonamides is 1. The quantitative estimate of drug-likeness (QED) is 0.741. The summed E-state index contributed by atoms with van der Waals surface area (Å²) in [7, 11) is -2.01. The predicted octanol–water partition coefficient (Wildman–Crippen LogP) is 1.56. The number of hydrogen-bond acceptors (Lipinski definition) is 5. The number of amides is 1. The topological polar surface area (TPSA) is 92.9 Å². The molecule has 1 unspecified atom stereocenters. The van der Waals surface area contributed by atoms with Gasteiger partial charge in [0.1, 0.15) is 5.75 Å². The van der Waals surface area contributed by atoms with Gasteiger partial charge < -0.3 is 10.5 Å². The fourth-order valence-electron chi connectivity index (χ4n) is 3.90. The third kappa shape index (κ3) is 3.76. The summed E-state index contributed by atoms with van der Waals surface area (Å²) < 4.78 is 33.1. The van der Waals surface area contributed by atoms with E-state index >= 15 is 0 Å². The number of rotatable bonds is 5. The van der Waals surface area contributed by atoms with Crippen LogP contribution in [-0.2, 0) is 14.8 Å². The molecule has 1 atom stereocenters. The van der Waals surface area contributed by atoms with Gasteiger partial charge >= 0.3 is 0 Å². The second-order valence-electron chi connectivity index (χ2n) is 6.73. The first-order valence-corrected chi connectivity index (χ1v) is 11.0. The van der Waals surface area contributed by atoms with Crippen LogP contribution in [0.25, 0.3) is 0 Å². The minimum absolute atomic E-state index is 0.208. The Morgan fingerprint density at radius 1 is 1.23 bits per heavy atom. The zero-order chi connectivity index (χ0) is 18.9. The van der Waals surface area contributed by atoms with Gasteiger partial charge in [-0.2, -0.15) is 4.31 Å². The van der Waals surface area contributed by atoms with Gasteiger partial charge in [-0.15, -0.1) is 0 Å². The number of nitrogens with two attached hydrogens (primary N) is 1. The molecule has 1 aromatic rings. The average molecular weight is 446 g/mol. The van der Waals surface area contributed by atoms with Crippen molar-refractivity contribution in [3.63, 3.8) is 0 Å². The largest absolute Gasteiger partial charge is 0.496 e. The van der Waals surface area contributed by atoms with E-state index in [9.17, 15) is 13.2 Å². The normalized spacial score (nSPS) is 23.2. The number of methoxy groups -OCH3 is 1. The second-order valence-corrected chi connectivity index (χ2v) is 9.52. The number of carbonyl (C=O) groups is 1. The number of halogens is 1. The zero-order valence-corrected chi connectivity index (χ0v) is 17.1. The van der Waals surface area contributed by atoms with Crippen molar-refractivity contribution in [2.75, 3.05) is 26.7 Å². The van der Waals surface area contributed by atoms with Crippen LogP contribution in [0, 0.1) is 0 Å². The van der Waals surface area contributed by atoms with E-state index in [0.717, 1.165) is 19.4 Å². The highest BCUT2D eigenvalue weighted by molar-refractivity contribution is 9.10. The predicted molar refractivity (Wildman–Crippen MR) is 101 cm³/mol. The molecule has 7 nitrogen and oxygen atoms in total. The van der Waals surface area contributed by atoms with Gasteiger partial charge in [0.05, 0.1) is 22.5 Å². The second kappa shape index (κ2) is 7.84. The van der Waals surface area contributed by atoms with Crippen LogP contribution in [0.1, 0.15) is 25.7 Å². The van der Waals surface area contributed by atoms with Crippen LogP contribution >= 0.6 is 15.9 Å². The lowest BCUT2D eigenvalue weighted by atomic mass is 10.0. The van der Waals surface area contributed by atoms with E-state index in [0.29, 0.717) is 36.2 Å². The highest BCUT2D eigenvalue weighted by Gasteiger charge is 2.37. The molecule has 2 saturated heterocycles. The highest BCUT2D eigenvalue weighted by Crippen LogP contribution is 2.31. The number of nitrogens with zero attached hydrogens (tertiary/aromatic N) is 2. The standard InChI is InChI=1S/C17H24BrN3O4S/c1-25-16-5-4-13(11-14(16)18)26(23,24)20-9-6-12(7-10-20)21-8-2-3-15(21)17(19)22/h4-5,11-12,15H,2-3,6-10H2,1H3,(H2,19,22). The number of piperidine rings is 1. The van der Waals surface area contributed by atoms with E-state index in [1.54, 1.807) is 18.2 Å². The molecular weight excluding hydrogens is 422 g/mol. The molecule has 144 valence electrons. The van der Waals surface area contributed by atoms with Crippen LogP contribution in [0.3, 0.4) is 0 Å². The zero-order valence-electron chi connectivity index (χ0n) is 14.7. The summed E-state index contributed by atoms with van der Waals surface area (Å²) in [6.07, 6.45) is 3.18. The first-order valence-electron chi connectivity index (χ1n) is 8.73. The van der Waals surface area contributed by atoms with Gasteiger partial charge in [0.15, 0.2) is 0 Å². The van der Waals surface area contributed by atoms with Crippen LogP contribution in [0.5, 0.6) is 5.75 Å². The number of benzene rings is 1. The Hall–Kier alpha value is -1.16. The Morgan fingerprint density at radius 2 is 1.92 bits per heavy atom. The molecule has 0 saturated carbocycles. The molecule has 0 spiro atoms. The summed E-state index contributed by atoms with van der Waals surface area (Å²) >= 11 is 3.34. The molecule has 0 bridgehead atoms. The van der Waals surface area contributed by atoms with Crippen molar-refractivity contribution in [3.05, 3.63) is 22.7 Å². The summed E-state index contributed by atoms with van der Waals surface area (Å²) in [6.45, 7) is 1.74. The lowest BCUT2D eigenvalue weighted by Gasteiger charge is -2.38. The molecule has 1 aromatic carbocycles. The molecule has 3 rings (SSSR count). The average Bonchev–Trinajstić information content (AvgIpc) is 3.12. The van der Waals surface area contributed by atoms with Crippen molar-refractivity contribution < 1.29 is 17.9 Å².